The topological polar surface area (TPSA) is 112 Å². The summed E-state index contributed by atoms with van der Waals surface area (Å²) >= 11 is 0. The van der Waals surface area contributed by atoms with E-state index in [2.05, 4.69) is 20.9 Å². The number of nitrogens with one attached hydrogen (secondary N) is 3. The molecule has 0 radical (unpaired) electrons. The van der Waals surface area contributed by atoms with Crippen LogP contribution in [-0.2, 0) is 14.3 Å². The van der Waals surface area contributed by atoms with Gasteiger partial charge in [-0.05, 0) is 31.4 Å². The van der Waals surface area contributed by atoms with Gasteiger partial charge in [-0.1, -0.05) is 18.2 Å². The van der Waals surface area contributed by atoms with Gasteiger partial charge in [-0.3, -0.25) is 9.69 Å². The van der Waals surface area contributed by atoms with Gasteiger partial charge < -0.3 is 30.5 Å². The quantitative estimate of drug-likeness (QED) is 0.489. The summed E-state index contributed by atoms with van der Waals surface area (Å²) in [6, 6.07) is 8.62. The molecule has 2 aliphatic heterocycles. The molecule has 2 fully saturated rings. The van der Waals surface area contributed by atoms with Crippen molar-refractivity contribution in [3.05, 3.63) is 30.3 Å². The van der Waals surface area contributed by atoms with Gasteiger partial charge in [-0.2, -0.15) is 0 Å². The zero-order chi connectivity index (χ0) is 21.2. The lowest BCUT2D eigenvalue weighted by atomic mass is 9.97. The number of para-hydroxylation sites is 1. The zero-order valence-electron chi connectivity index (χ0n) is 17.2. The zero-order valence-corrected chi connectivity index (χ0v) is 17.2. The number of aliphatic hydroxyl groups excluding tert-OH is 1. The second kappa shape index (κ2) is 11.8. The van der Waals surface area contributed by atoms with Gasteiger partial charge in [0.15, 0.2) is 0 Å². The molecule has 0 bridgehead atoms. The Morgan fingerprint density at radius 2 is 1.90 bits per heavy atom. The number of hydrogen-bond donors (Lipinski definition) is 4. The van der Waals surface area contributed by atoms with E-state index in [1.807, 2.05) is 30.3 Å². The summed E-state index contributed by atoms with van der Waals surface area (Å²) < 4.78 is 11.2. The number of carbonyl (C=O) groups is 2. The Morgan fingerprint density at radius 3 is 2.63 bits per heavy atom. The van der Waals surface area contributed by atoms with E-state index in [1.54, 1.807) is 0 Å². The number of carbonyl (C=O) groups excluding carboxylic acids is 2. The maximum atomic E-state index is 12.2. The molecule has 0 aliphatic carbocycles. The van der Waals surface area contributed by atoms with Crippen LogP contribution in [-0.4, -0.2) is 86.2 Å². The number of benzene rings is 1. The number of rotatable bonds is 8. The number of hydrogen-bond acceptors (Lipinski definition) is 6. The van der Waals surface area contributed by atoms with Crippen LogP contribution in [0.2, 0.25) is 0 Å². The molecule has 1 aromatic rings. The molecule has 0 saturated carbocycles. The molecule has 4 N–H and O–H groups in total. The minimum Gasteiger partial charge on any atom is -0.394 e. The molecule has 0 unspecified atom stereocenters. The Balaban J connectivity index is 1.35. The maximum absolute atomic E-state index is 12.2. The van der Waals surface area contributed by atoms with Crippen molar-refractivity contribution in [1.29, 1.82) is 0 Å². The fraction of sp³-hybridized carbons (Fsp3) is 0.619. The van der Waals surface area contributed by atoms with Crippen molar-refractivity contribution in [3.63, 3.8) is 0 Å². The van der Waals surface area contributed by atoms with Gasteiger partial charge in [0.2, 0.25) is 5.91 Å². The second-order valence-corrected chi connectivity index (χ2v) is 7.65. The van der Waals surface area contributed by atoms with Crippen molar-refractivity contribution < 1.29 is 24.2 Å². The number of ether oxygens (including phenoxy) is 2. The van der Waals surface area contributed by atoms with Gasteiger partial charge in [-0.15, -0.1) is 0 Å². The van der Waals surface area contributed by atoms with Gasteiger partial charge in [0.25, 0.3) is 0 Å². The van der Waals surface area contributed by atoms with Crippen molar-refractivity contribution in [1.82, 2.24) is 15.5 Å². The largest absolute Gasteiger partial charge is 0.394 e. The highest BCUT2D eigenvalue weighted by Gasteiger charge is 2.31. The predicted molar refractivity (Wildman–Crippen MR) is 112 cm³/mol. The van der Waals surface area contributed by atoms with Gasteiger partial charge in [-0.25, -0.2) is 4.79 Å². The van der Waals surface area contributed by atoms with E-state index in [0.29, 0.717) is 44.8 Å². The average Bonchev–Trinajstić information content (AvgIpc) is 2.76. The summed E-state index contributed by atoms with van der Waals surface area (Å²) in [5, 5.41) is 18.3. The van der Waals surface area contributed by atoms with E-state index in [9.17, 15) is 14.7 Å². The maximum Gasteiger partial charge on any atom is 0.319 e. The first kappa shape index (κ1) is 22.5. The van der Waals surface area contributed by atoms with Crippen molar-refractivity contribution >= 4 is 17.6 Å². The normalized spacial score (nSPS) is 24.8. The fourth-order valence-corrected chi connectivity index (χ4v) is 3.76. The van der Waals surface area contributed by atoms with Crippen LogP contribution in [0.5, 0.6) is 0 Å². The van der Waals surface area contributed by atoms with E-state index in [4.69, 9.17) is 9.47 Å². The summed E-state index contributed by atoms with van der Waals surface area (Å²) in [5.74, 6) is 0.00328. The third kappa shape index (κ3) is 7.24. The summed E-state index contributed by atoms with van der Waals surface area (Å²) in [4.78, 5) is 26.4. The Labute approximate surface area is 177 Å². The lowest BCUT2D eigenvalue weighted by Crippen LogP contribution is -2.52. The first-order valence-corrected chi connectivity index (χ1v) is 10.6. The molecule has 2 heterocycles. The molecular formula is C21H32N4O5. The monoisotopic (exact) mass is 420 g/mol. The molecule has 3 rings (SSSR count). The summed E-state index contributed by atoms with van der Waals surface area (Å²) in [6.07, 6.45) is 1.62. The molecule has 0 aromatic heterocycles. The van der Waals surface area contributed by atoms with Crippen molar-refractivity contribution in [2.45, 2.75) is 37.5 Å². The van der Waals surface area contributed by atoms with Crippen LogP contribution in [0.15, 0.2) is 30.3 Å². The molecule has 9 heteroatoms. The molecule has 166 valence electrons. The van der Waals surface area contributed by atoms with E-state index in [1.165, 1.54) is 0 Å². The number of urea groups is 1. The molecule has 2 saturated heterocycles. The number of morpholine rings is 1. The Kier molecular flexibility index (Phi) is 8.88. The average molecular weight is 421 g/mol. The lowest BCUT2D eigenvalue weighted by Gasteiger charge is -2.36. The molecule has 30 heavy (non-hydrogen) atoms. The SMILES string of the molecule is O=C(CN1CCOCC1)NCC[C@@H]1CC[C@H](NC(=O)Nc2ccccc2)[C@H](CO)O1. The molecule has 1 aromatic carbocycles. The highest BCUT2D eigenvalue weighted by atomic mass is 16.5. The van der Waals surface area contributed by atoms with Crippen LogP contribution < -0.4 is 16.0 Å². The van der Waals surface area contributed by atoms with Gasteiger partial charge in [0.1, 0.15) is 6.10 Å². The number of aliphatic hydroxyl groups is 1. The van der Waals surface area contributed by atoms with E-state index < -0.39 is 6.10 Å². The van der Waals surface area contributed by atoms with Crippen LogP contribution in [0.25, 0.3) is 0 Å². The van der Waals surface area contributed by atoms with Crippen molar-refractivity contribution in [2.75, 3.05) is 51.3 Å². The Hall–Kier alpha value is -2.20. The fourth-order valence-electron chi connectivity index (χ4n) is 3.76. The highest BCUT2D eigenvalue weighted by Crippen LogP contribution is 2.22. The summed E-state index contributed by atoms with van der Waals surface area (Å²) in [6.45, 7) is 3.65. The second-order valence-electron chi connectivity index (χ2n) is 7.65. The molecular weight excluding hydrogens is 388 g/mol. The highest BCUT2D eigenvalue weighted by molar-refractivity contribution is 5.89. The summed E-state index contributed by atoms with van der Waals surface area (Å²) in [7, 11) is 0. The first-order chi connectivity index (χ1) is 14.6. The smallest absolute Gasteiger partial charge is 0.319 e. The predicted octanol–water partition coefficient (Wildman–Crippen LogP) is 0.555. The minimum atomic E-state index is -0.464. The van der Waals surface area contributed by atoms with Crippen molar-refractivity contribution in [2.24, 2.45) is 0 Å². The van der Waals surface area contributed by atoms with Crippen LogP contribution in [0.3, 0.4) is 0 Å². The van der Waals surface area contributed by atoms with E-state index >= 15 is 0 Å². The van der Waals surface area contributed by atoms with Gasteiger partial charge in [0.05, 0.1) is 38.5 Å². The lowest BCUT2D eigenvalue weighted by molar-refractivity contribution is -0.123. The number of anilines is 1. The van der Waals surface area contributed by atoms with Gasteiger partial charge in [0, 0.05) is 25.3 Å². The molecule has 0 spiro atoms. The van der Waals surface area contributed by atoms with Crippen LogP contribution >= 0.6 is 0 Å². The Morgan fingerprint density at radius 1 is 1.13 bits per heavy atom. The van der Waals surface area contributed by atoms with Gasteiger partial charge >= 0.3 is 6.03 Å². The van der Waals surface area contributed by atoms with Crippen LogP contribution in [0.1, 0.15) is 19.3 Å². The third-order valence-corrected chi connectivity index (χ3v) is 5.40. The standard InChI is InChI=1S/C21H32N4O5/c26-15-19-18(24-21(28)23-16-4-2-1-3-5-16)7-6-17(30-19)8-9-22-20(27)14-25-10-12-29-13-11-25/h1-5,17-19,26H,6-15H2,(H,22,27)(H2,23,24,28)/t17-,18-,19-/m0/s1. The van der Waals surface area contributed by atoms with Crippen LogP contribution in [0.4, 0.5) is 10.5 Å². The number of amides is 3. The van der Waals surface area contributed by atoms with Crippen LogP contribution in [0, 0.1) is 0 Å². The molecule has 3 atom stereocenters. The summed E-state index contributed by atoms with van der Waals surface area (Å²) in [5.41, 5.74) is 0.706. The van der Waals surface area contributed by atoms with E-state index in [-0.39, 0.29) is 30.7 Å². The molecule has 9 nitrogen and oxygen atoms in total. The first-order valence-electron chi connectivity index (χ1n) is 10.6. The van der Waals surface area contributed by atoms with Crippen molar-refractivity contribution in [3.8, 4) is 0 Å². The number of nitrogens with zero attached hydrogens (tertiary/aromatic N) is 1. The third-order valence-electron chi connectivity index (χ3n) is 5.40. The Bertz CT molecular complexity index is 669. The molecule has 3 amide bonds. The molecule has 2 aliphatic rings. The van der Waals surface area contributed by atoms with E-state index in [0.717, 1.165) is 19.5 Å². The minimum absolute atomic E-state index is 0.00328.